The van der Waals surface area contributed by atoms with E-state index in [4.69, 9.17) is 0 Å². The van der Waals surface area contributed by atoms with Gasteiger partial charge in [0.15, 0.2) is 0 Å². The number of aryl methyl sites for hydroxylation is 1. The van der Waals surface area contributed by atoms with Crippen molar-refractivity contribution in [3.05, 3.63) is 59.4 Å². The number of hydrogen-bond donors (Lipinski definition) is 2. The lowest BCUT2D eigenvalue weighted by molar-refractivity contribution is 0.102. The topological polar surface area (TPSA) is 75.3 Å². The molecule has 0 aromatic heterocycles. The Balaban J connectivity index is 2.17. The van der Waals surface area contributed by atoms with Crippen molar-refractivity contribution in [2.75, 3.05) is 5.32 Å². The van der Waals surface area contributed by atoms with E-state index >= 15 is 0 Å². The van der Waals surface area contributed by atoms with E-state index in [1.54, 1.807) is 20.8 Å². The molecule has 0 bridgehead atoms. The second-order valence-corrected chi connectivity index (χ2v) is 7.43. The van der Waals surface area contributed by atoms with Crippen molar-refractivity contribution in [2.24, 2.45) is 0 Å². The molecule has 1 amide bonds. The first-order valence-electron chi connectivity index (χ1n) is 7.39. The summed E-state index contributed by atoms with van der Waals surface area (Å²) in [6, 6.07) is 9.45. The van der Waals surface area contributed by atoms with Crippen LogP contribution < -0.4 is 10.0 Å². The lowest BCUT2D eigenvalue weighted by Gasteiger charge is -2.11. The molecule has 0 spiro atoms. The number of hydrogen-bond acceptors (Lipinski definition) is 3. The number of sulfonamides is 1. The summed E-state index contributed by atoms with van der Waals surface area (Å²) in [5.41, 5.74) is 1.41. The molecule has 0 aliphatic rings. The minimum atomic E-state index is -3.60. The van der Waals surface area contributed by atoms with Crippen LogP contribution in [0.5, 0.6) is 0 Å². The van der Waals surface area contributed by atoms with E-state index in [0.29, 0.717) is 16.8 Å². The second kappa shape index (κ2) is 7.11. The Bertz CT molecular complexity index is 847. The predicted molar refractivity (Wildman–Crippen MR) is 91.0 cm³/mol. The monoisotopic (exact) mass is 350 g/mol. The van der Waals surface area contributed by atoms with Gasteiger partial charge in [0.05, 0.1) is 4.90 Å². The van der Waals surface area contributed by atoms with Gasteiger partial charge in [0.2, 0.25) is 10.0 Å². The predicted octanol–water partition coefficient (Wildman–Crippen LogP) is 3.07. The summed E-state index contributed by atoms with van der Waals surface area (Å²) in [6.45, 7) is 5.14. The molecule has 0 atom stereocenters. The van der Waals surface area contributed by atoms with Crippen LogP contribution in [-0.2, 0) is 10.0 Å². The van der Waals surface area contributed by atoms with Crippen LogP contribution in [0.2, 0.25) is 0 Å². The Morgan fingerprint density at radius 2 is 1.71 bits per heavy atom. The molecule has 0 saturated carbocycles. The lowest BCUT2D eigenvalue weighted by atomic mass is 10.1. The Kier molecular flexibility index (Phi) is 5.36. The molecule has 0 aliphatic carbocycles. The first-order chi connectivity index (χ1) is 11.2. The van der Waals surface area contributed by atoms with Gasteiger partial charge < -0.3 is 5.32 Å². The lowest BCUT2D eigenvalue weighted by Crippen LogP contribution is -2.30. The molecule has 2 rings (SSSR count). The molecule has 5 nitrogen and oxygen atoms in total. The van der Waals surface area contributed by atoms with Crippen LogP contribution in [0.25, 0.3) is 0 Å². The summed E-state index contributed by atoms with van der Waals surface area (Å²) >= 11 is 0. The summed E-state index contributed by atoms with van der Waals surface area (Å²) in [5.74, 6) is -0.775. The molecule has 2 aromatic rings. The number of halogens is 1. The van der Waals surface area contributed by atoms with E-state index in [0.717, 1.165) is 0 Å². The van der Waals surface area contributed by atoms with E-state index in [1.807, 2.05) is 0 Å². The van der Waals surface area contributed by atoms with E-state index in [9.17, 15) is 17.6 Å². The molecule has 7 heteroatoms. The number of anilines is 1. The second-order valence-electron chi connectivity index (χ2n) is 5.71. The maximum atomic E-state index is 13.1. The molecule has 0 aliphatic heterocycles. The largest absolute Gasteiger partial charge is 0.322 e. The zero-order chi connectivity index (χ0) is 17.9. The number of amides is 1. The minimum Gasteiger partial charge on any atom is -0.322 e. The standard InChI is InChI=1S/C17H19FN2O3S/c1-11(2)20-24(22,23)15-7-4-13(5-8-15)17(21)19-16-9-6-14(18)10-12(16)3/h4-11,20H,1-3H3,(H,19,21). The molecule has 0 radical (unpaired) electrons. The highest BCUT2D eigenvalue weighted by molar-refractivity contribution is 7.89. The van der Waals surface area contributed by atoms with Crippen molar-refractivity contribution in [3.63, 3.8) is 0 Å². The Morgan fingerprint density at radius 3 is 2.25 bits per heavy atom. The van der Waals surface area contributed by atoms with Crippen molar-refractivity contribution in [3.8, 4) is 0 Å². The summed E-state index contributed by atoms with van der Waals surface area (Å²) in [7, 11) is -3.60. The van der Waals surface area contributed by atoms with Crippen LogP contribution in [0.3, 0.4) is 0 Å². The highest BCUT2D eigenvalue weighted by Crippen LogP contribution is 2.17. The quantitative estimate of drug-likeness (QED) is 0.870. The Labute approximate surface area is 141 Å². The summed E-state index contributed by atoms with van der Waals surface area (Å²) in [5, 5.41) is 2.67. The van der Waals surface area contributed by atoms with Crippen LogP contribution in [0.1, 0.15) is 29.8 Å². The smallest absolute Gasteiger partial charge is 0.255 e. The number of rotatable bonds is 5. The first-order valence-corrected chi connectivity index (χ1v) is 8.87. The molecule has 2 N–H and O–H groups in total. The van der Waals surface area contributed by atoms with Crippen LogP contribution in [0, 0.1) is 12.7 Å². The van der Waals surface area contributed by atoms with Crippen molar-refractivity contribution in [1.82, 2.24) is 4.72 Å². The van der Waals surface area contributed by atoms with Gasteiger partial charge in [0.25, 0.3) is 5.91 Å². The molecular formula is C17H19FN2O3S. The maximum Gasteiger partial charge on any atom is 0.255 e. The molecule has 24 heavy (non-hydrogen) atoms. The minimum absolute atomic E-state index is 0.0886. The van der Waals surface area contributed by atoms with Crippen molar-refractivity contribution < 1.29 is 17.6 Å². The summed E-state index contributed by atoms with van der Waals surface area (Å²) in [6.07, 6.45) is 0. The first kappa shape index (κ1) is 18.1. The van der Waals surface area contributed by atoms with Gasteiger partial charge in [-0.2, -0.15) is 0 Å². The molecule has 0 saturated heterocycles. The number of carbonyl (C=O) groups is 1. The highest BCUT2D eigenvalue weighted by atomic mass is 32.2. The fourth-order valence-electron chi connectivity index (χ4n) is 2.13. The van der Waals surface area contributed by atoms with Crippen LogP contribution in [-0.4, -0.2) is 20.4 Å². The van der Waals surface area contributed by atoms with Crippen molar-refractivity contribution in [2.45, 2.75) is 31.7 Å². The van der Waals surface area contributed by atoms with Gasteiger partial charge in [-0.25, -0.2) is 17.5 Å². The maximum absolute atomic E-state index is 13.1. The Morgan fingerprint density at radius 1 is 1.08 bits per heavy atom. The third-order valence-electron chi connectivity index (χ3n) is 3.25. The van der Waals surface area contributed by atoms with Crippen LogP contribution in [0.4, 0.5) is 10.1 Å². The van der Waals surface area contributed by atoms with Gasteiger partial charge in [0, 0.05) is 17.3 Å². The highest BCUT2D eigenvalue weighted by Gasteiger charge is 2.16. The van der Waals surface area contributed by atoms with Gasteiger partial charge >= 0.3 is 0 Å². The average Bonchev–Trinajstić information content (AvgIpc) is 2.49. The van der Waals surface area contributed by atoms with Gasteiger partial charge in [-0.05, 0) is 68.8 Å². The van der Waals surface area contributed by atoms with Gasteiger partial charge in [-0.1, -0.05) is 0 Å². The zero-order valence-corrected chi connectivity index (χ0v) is 14.4. The summed E-state index contributed by atoms with van der Waals surface area (Å²) in [4.78, 5) is 12.3. The third kappa shape index (κ3) is 4.39. The zero-order valence-electron chi connectivity index (χ0n) is 13.6. The molecule has 0 unspecified atom stereocenters. The molecule has 0 fully saturated rings. The van der Waals surface area contributed by atoms with E-state index in [-0.39, 0.29) is 16.8 Å². The van der Waals surface area contributed by atoms with Gasteiger partial charge in [-0.15, -0.1) is 0 Å². The SMILES string of the molecule is Cc1cc(F)ccc1NC(=O)c1ccc(S(=O)(=O)NC(C)C)cc1. The van der Waals surface area contributed by atoms with Crippen molar-refractivity contribution >= 4 is 21.6 Å². The van der Waals surface area contributed by atoms with E-state index in [1.165, 1.54) is 42.5 Å². The Hall–Kier alpha value is -2.25. The fourth-order valence-corrected chi connectivity index (χ4v) is 3.38. The number of benzene rings is 2. The van der Waals surface area contributed by atoms with Gasteiger partial charge in [-0.3, -0.25) is 4.79 Å². The number of carbonyl (C=O) groups excluding carboxylic acids is 1. The third-order valence-corrected chi connectivity index (χ3v) is 4.93. The molecule has 2 aromatic carbocycles. The van der Waals surface area contributed by atoms with Crippen LogP contribution >= 0.6 is 0 Å². The van der Waals surface area contributed by atoms with Crippen LogP contribution in [0.15, 0.2) is 47.4 Å². The average molecular weight is 350 g/mol. The van der Waals surface area contributed by atoms with Crippen molar-refractivity contribution in [1.29, 1.82) is 0 Å². The molecular weight excluding hydrogens is 331 g/mol. The van der Waals surface area contributed by atoms with E-state index in [2.05, 4.69) is 10.0 Å². The normalized spacial score (nSPS) is 11.5. The van der Waals surface area contributed by atoms with Gasteiger partial charge in [0.1, 0.15) is 5.82 Å². The number of nitrogens with one attached hydrogen (secondary N) is 2. The fraction of sp³-hybridized carbons (Fsp3) is 0.235. The summed E-state index contributed by atoms with van der Waals surface area (Å²) < 4.78 is 39.6. The van der Waals surface area contributed by atoms with E-state index < -0.39 is 15.9 Å². The molecule has 128 valence electrons. The molecule has 0 heterocycles.